The van der Waals surface area contributed by atoms with Crippen LogP contribution in [0.5, 0.6) is 0 Å². The summed E-state index contributed by atoms with van der Waals surface area (Å²) in [7, 11) is -1.98. The molecule has 0 unspecified atom stereocenters. The van der Waals surface area contributed by atoms with Crippen molar-refractivity contribution >= 4 is 68.2 Å². The summed E-state index contributed by atoms with van der Waals surface area (Å²) in [6.45, 7) is 9.87. The lowest BCUT2D eigenvalue weighted by Gasteiger charge is -2.42. The van der Waals surface area contributed by atoms with Crippen molar-refractivity contribution < 1.29 is 4.42 Å². The van der Waals surface area contributed by atoms with E-state index in [9.17, 15) is 0 Å². The van der Waals surface area contributed by atoms with Crippen molar-refractivity contribution in [3.8, 4) is 33.4 Å². The number of para-hydroxylation sites is 2. The predicted octanol–water partition coefficient (Wildman–Crippen LogP) is 14.1. The van der Waals surface area contributed by atoms with Crippen molar-refractivity contribution in [2.45, 2.75) is 50.6 Å². The summed E-state index contributed by atoms with van der Waals surface area (Å²) in [4.78, 5) is 2.54. The van der Waals surface area contributed by atoms with Crippen LogP contribution in [0.1, 0.15) is 58.4 Å². The minimum atomic E-state index is -1.98. The molecule has 1 spiro atoms. The number of nitrogens with zero attached hydrogens (tertiary/aromatic N) is 1. The summed E-state index contributed by atoms with van der Waals surface area (Å²) < 4.78 is 7.67. The Hall–Kier alpha value is -6.94. The molecule has 3 aliphatic carbocycles. The molecule has 3 heterocycles. The molecular weight excluding hydrogens is 779 g/mol. The van der Waals surface area contributed by atoms with Gasteiger partial charge in [0.2, 0.25) is 0 Å². The first-order chi connectivity index (χ1) is 30.8. The highest BCUT2D eigenvalue weighted by Gasteiger charge is 2.51. The Kier molecular flexibility index (Phi) is 6.24. The zero-order chi connectivity index (χ0) is 41.7. The molecule has 298 valence electrons. The Balaban J connectivity index is 1.05. The zero-order valence-corrected chi connectivity index (χ0v) is 36.9. The van der Waals surface area contributed by atoms with Crippen LogP contribution in [0.2, 0.25) is 13.1 Å². The van der Waals surface area contributed by atoms with E-state index >= 15 is 0 Å². The molecule has 2 nitrogen and oxygen atoms in total. The minimum Gasteiger partial charge on any atom is -0.453 e. The smallest absolute Gasteiger partial charge is 0.159 e. The maximum Gasteiger partial charge on any atom is 0.159 e. The fourth-order valence-corrected chi connectivity index (χ4v) is 16.6. The van der Waals surface area contributed by atoms with Crippen LogP contribution in [-0.4, -0.2) is 8.07 Å². The molecule has 0 saturated carbocycles. The normalized spacial score (nSPS) is 16.8. The molecule has 63 heavy (non-hydrogen) atoms. The second-order valence-corrected chi connectivity index (χ2v) is 24.1. The van der Waals surface area contributed by atoms with Gasteiger partial charge in [-0.3, -0.25) is 0 Å². The van der Waals surface area contributed by atoms with Gasteiger partial charge in [-0.1, -0.05) is 166 Å². The minimum absolute atomic E-state index is 0.211. The van der Waals surface area contributed by atoms with Crippen LogP contribution in [0.15, 0.2) is 168 Å². The molecule has 15 rings (SSSR count). The van der Waals surface area contributed by atoms with Gasteiger partial charge in [0.15, 0.2) is 5.58 Å². The van der Waals surface area contributed by atoms with E-state index in [0.717, 1.165) is 40.5 Å². The maximum absolute atomic E-state index is 7.67. The quantitative estimate of drug-likeness (QED) is 0.153. The van der Waals surface area contributed by atoms with E-state index in [0.29, 0.717) is 0 Å². The van der Waals surface area contributed by atoms with Gasteiger partial charge in [-0.15, -0.1) is 0 Å². The Morgan fingerprint density at radius 2 is 1.08 bits per heavy atom. The topological polar surface area (TPSA) is 16.4 Å². The maximum atomic E-state index is 7.67. The molecule has 0 amide bonds. The van der Waals surface area contributed by atoms with Gasteiger partial charge in [-0.05, 0) is 131 Å². The first-order valence-electron chi connectivity index (χ1n) is 22.7. The molecule has 3 heteroatoms. The van der Waals surface area contributed by atoms with Crippen LogP contribution >= 0.6 is 0 Å². The number of benzene rings is 9. The zero-order valence-electron chi connectivity index (χ0n) is 35.9. The highest BCUT2D eigenvalue weighted by molar-refractivity contribution is 7.03. The molecule has 10 aromatic rings. The number of hydrogen-bond acceptors (Lipinski definition) is 2. The van der Waals surface area contributed by atoms with Gasteiger partial charge in [0.05, 0.1) is 22.5 Å². The number of hydrogen-bond donors (Lipinski definition) is 0. The van der Waals surface area contributed by atoms with Crippen molar-refractivity contribution in [1.29, 1.82) is 0 Å². The average molecular weight is 822 g/mol. The lowest BCUT2D eigenvalue weighted by molar-refractivity contribution is 0.631. The molecule has 0 atom stereocenters. The monoisotopic (exact) mass is 821 g/mol. The molecule has 0 radical (unpaired) electrons. The van der Waals surface area contributed by atoms with Crippen LogP contribution < -0.4 is 15.3 Å². The van der Waals surface area contributed by atoms with Gasteiger partial charge in [-0.25, -0.2) is 0 Å². The largest absolute Gasteiger partial charge is 0.453 e. The summed E-state index contributed by atoms with van der Waals surface area (Å²) in [5.41, 5.74) is 23.8. The predicted molar refractivity (Wildman–Crippen MR) is 264 cm³/mol. The fraction of sp³-hybridized carbons (Fsp3) is 0.133. The molecular formula is C60H43NOSi. The third kappa shape index (κ3) is 3.91. The van der Waals surface area contributed by atoms with Gasteiger partial charge in [0, 0.05) is 21.8 Å². The van der Waals surface area contributed by atoms with E-state index in [-0.39, 0.29) is 5.41 Å². The molecule has 0 bridgehead atoms. The SMILES string of the molecule is CC1(C)c2ccccc2N(c2cccc3c2oc2c4c(ccc23)C2(c3ccccc3-c3ccccc32)c2ccc3c5c(ccc-4c25)CC3)c2cc3c(cc21)-c1ccccc1[Si]3(C)C. The summed E-state index contributed by atoms with van der Waals surface area (Å²) >= 11 is 0. The molecule has 0 fully saturated rings. The van der Waals surface area contributed by atoms with E-state index in [1.807, 2.05) is 0 Å². The summed E-state index contributed by atoms with van der Waals surface area (Å²) in [5.74, 6) is 0. The van der Waals surface area contributed by atoms with Gasteiger partial charge in [-0.2, -0.15) is 0 Å². The summed E-state index contributed by atoms with van der Waals surface area (Å²) in [5, 5.41) is 8.21. The average Bonchev–Trinajstić information content (AvgIpc) is 4.05. The third-order valence-electron chi connectivity index (χ3n) is 16.3. The molecule has 2 aliphatic heterocycles. The Morgan fingerprint density at radius 1 is 0.444 bits per heavy atom. The van der Waals surface area contributed by atoms with Gasteiger partial charge < -0.3 is 9.32 Å². The number of aryl methyl sites for hydroxylation is 2. The van der Waals surface area contributed by atoms with E-state index < -0.39 is 13.5 Å². The standard InChI is InChI=1S/C60H43NOSi/c1-59(2)45-20-10-11-21-49(45)61(51-33-53-42(32-48(51)59)38-16-7-12-23-52(38)63(53,3)4)50-22-13-17-39-40-29-31-47-56(58(40)62-57(39)50)41-28-26-34-24-25-35-27-30-46(55(41)54(34)35)60(47)43-18-8-5-14-36(43)37-15-6-9-19-44(37)60/h5-23,26-33H,24-25H2,1-4H3. The number of furan rings is 1. The van der Waals surface area contributed by atoms with Crippen molar-refractivity contribution in [2.24, 2.45) is 0 Å². The van der Waals surface area contributed by atoms with Crippen LogP contribution in [-0.2, 0) is 23.7 Å². The van der Waals surface area contributed by atoms with Crippen molar-refractivity contribution in [2.75, 3.05) is 4.90 Å². The van der Waals surface area contributed by atoms with Crippen molar-refractivity contribution in [3.05, 3.63) is 208 Å². The molecule has 0 N–H and O–H groups in total. The van der Waals surface area contributed by atoms with Crippen LogP contribution in [0, 0.1) is 0 Å². The summed E-state index contributed by atoms with van der Waals surface area (Å²) in [6.07, 6.45) is 2.18. The van der Waals surface area contributed by atoms with E-state index in [4.69, 9.17) is 4.42 Å². The van der Waals surface area contributed by atoms with Gasteiger partial charge >= 0.3 is 0 Å². The second-order valence-electron chi connectivity index (χ2n) is 19.8. The lowest BCUT2D eigenvalue weighted by atomic mass is 9.61. The van der Waals surface area contributed by atoms with Crippen LogP contribution in [0.25, 0.3) is 66.1 Å². The van der Waals surface area contributed by atoms with E-state index in [1.54, 1.807) is 0 Å². The van der Waals surface area contributed by atoms with Crippen molar-refractivity contribution in [3.63, 3.8) is 0 Å². The third-order valence-corrected chi connectivity index (χ3v) is 19.9. The fourth-order valence-electron chi connectivity index (χ4n) is 13.6. The highest BCUT2D eigenvalue weighted by Crippen LogP contribution is 2.64. The number of anilines is 3. The lowest BCUT2D eigenvalue weighted by Crippen LogP contribution is -2.49. The first-order valence-corrected chi connectivity index (χ1v) is 25.7. The molecule has 0 saturated heterocycles. The number of rotatable bonds is 1. The Bertz CT molecular complexity index is 3710. The second kappa shape index (κ2) is 11.4. The van der Waals surface area contributed by atoms with E-state index in [1.165, 1.54) is 110 Å². The molecule has 9 aromatic carbocycles. The van der Waals surface area contributed by atoms with E-state index in [2.05, 4.69) is 196 Å². The Labute approximate surface area is 368 Å². The molecule has 5 aliphatic rings. The summed E-state index contributed by atoms with van der Waals surface area (Å²) in [6, 6.07) is 63.1. The van der Waals surface area contributed by atoms with Gasteiger partial charge in [0.1, 0.15) is 13.7 Å². The van der Waals surface area contributed by atoms with Gasteiger partial charge in [0.25, 0.3) is 0 Å². The Morgan fingerprint density at radius 3 is 1.86 bits per heavy atom. The number of fused-ring (bicyclic) bond motifs is 18. The first kappa shape index (κ1) is 34.6. The van der Waals surface area contributed by atoms with Crippen molar-refractivity contribution in [1.82, 2.24) is 0 Å². The molecule has 1 aromatic heterocycles. The van der Waals surface area contributed by atoms with Crippen LogP contribution in [0.3, 0.4) is 0 Å². The highest BCUT2D eigenvalue weighted by atomic mass is 28.3. The van der Waals surface area contributed by atoms with Crippen LogP contribution in [0.4, 0.5) is 17.1 Å².